The van der Waals surface area contributed by atoms with Crippen LogP contribution in [-0.2, 0) is 9.59 Å². The van der Waals surface area contributed by atoms with Crippen LogP contribution in [0.1, 0.15) is 56.4 Å². The van der Waals surface area contributed by atoms with E-state index in [2.05, 4.69) is 32.9 Å². The van der Waals surface area contributed by atoms with Crippen molar-refractivity contribution in [1.29, 1.82) is 0 Å². The molecule has 0 atom stereocenters. The second-order valence-corrected chi connectivity index (χ2v) is 9.45. The third-order valence-corrected chi connectivity index (χ3v) is 7.42. The number of fused-ring (bicyclic) bond motifs is 1. The number of rotatable bonds is 5. The minimum atomic E-state index is -0.830. The highest BCUT2D eigenvalue weighted by atomic mass is 16.5. The third kappa shape index (κ3) is 4.06. The molecule has 4 amide bonds. The molecule has 1 aromatic carbocycles. The number of aromatic amines is 1. The van der Waals surface area contributed by atoms with Gasteiger partial charge in [0.05, 0.1) is 13.7 Å². The van der Waals surface area contributed by atoms with E-state index in [1.165, 1.54) is 10.9 Å². The molecule has 3 aliphatic rings. The van der Waals surface area contributed by atoms with Gasteiger partial charge in [0, 0.05) is 17.1 Å². The van der Waals surface area contributed by atoms with Crippen LogP contribution in [0.3, 0.4) is 0 Å². The van der Waals surface area contributed by atoms with E-state index in [-0.39, 0.29) is 18.4 Å². The van der Waals surface area contributed by atoms with E-state index in [0.29, 0.717) is 18.8 Å². The van der Waals surface area contributed by atoms with Crippen molar-refractivity contribution in [2.75, 3.05) is 26.7 Å². The molecule has 0 bridgehead atoms. The molecule has 1 aromatic heterocycles. The van der Waals surface area contributed by atoms with Gasteiger partial charge < -0.3 is 15.0 Å². The first kappa shape index (κ1) is 21.8. The topological polar surface area (TPSA) is 107 Å². The Kier molecular flexibility index (Phi) is 5.74. The van der Waals surface area contributed by atoms with Gasteiger partial charge in [-0.25, -0.2) is 4.79 Å². The van der Waals surface area contributed by atoms with Crippen molar-refractivity contribution in [3.8, 4) is 5.75 Å². The molecule has 2 aliphatic heterocycles. The molecule has 0 unspecified atom stereocenters. The Bertz CT molecular complexity index is 1070. The number of ether oxygens (including phenoxy) is 1. The maximum absolute atomic E-state index is 12.9. The highest BCUT2D eigenvalue weighted by Crippen LogP contribution is 2.35. The van der Waals surface area contributed by atoms with Crippen molar-refractivity contribution in [3.63, 3.8) is 0 Å². The molecule has 5 rings (SSSR count). The highest BCUT2D eigenvalue weighted by molar-refractivity contribution is 6.08. The summed E-state index contributed by atoms with van der Waals surface area (Å²) in [5.74, 6) is 0.589. The van der Waals surface area contributed by atoms with Crippen LogP contribution in [0.25, 0.3) is 10.9 Å². The Morgan fingerprint density at radius 3 is 2.67 bits per heavy atom. The molecule has 176 valence electrons. The predicted octanol–water partition coefficient (Wildman–Crippen LogP) is 2.64. The van der Waals surface area contributed by atoms with Gasteiger partial charge in [0.2, 0.25) is 0 Å². The fourth-order valence-corrected chi connectivity index (χ4v) is 5.57. The number of nitrogens with zero attached hydrogens (tertiary/aromatic N) is 2. The summed E-state index contributed by atoms with van der Waals surface area (Å²) in [5, 5.41) is 4.89. The maximum atomic E-state index is 12.9. The Morgan fingerprint density at radius 2 is 1.94 bits per heavy atom. The number of urea groups is 1. The van der Waals surface area contributed by atoms with Gasteiger partial charge in [-0.1, -0.05) is 19.3 Å². The van der Waals surface area contributed by atoms with Gasteiger partial charge in [0.15, 0.2) is 0 Å². The number of hydrazine groups is 1. The van der Waals surface area contributed by atoms with Gasteiger partial charge in [-0.15, -0.1) is 0 Å². The Morgan fingerprint density at radius 1 is 1.18 bits per heavy atom. The number of hydrogen-bond donors (Lipinski definition) is 3. The van der Waals surface area contributed by atoms with Crippen LogP contribution >= 0.6 is 0 Å². The standard InChI is InChI=1S/C24H31N5O4/c1-33-17-5-6-20-18(13-17)19(14-25-20)16-7-11-28(12-8-16)15-21(30)27-29-22(31)24(26-23(29)32)9-3-2-4-10-24/h5-6,13-14,16,25H,2-4,7-12,15H2,1H3,(H,26,32)(H,27,30). The van der Waals surface area contributed by atoms with Crippen molar-refractivity contribution >= 4 is 28.7 Å². The lowest BCUT2D eigenvalue weighted by Gasteiger charge is -2.32. The molecular weight excluding hydrogens is 422 g/mol. The van der Waals surface area contributed by atoms with E-state index in [4.69, 9.17) is 4.74 Å². The minimum absolute atomic E-state index is 0.165. The smallest absolute Gasteiger partial charge is 0.344 e. The summed E-state index contributed by atoms with van der Waals surface area (Å²) in [7, 11) is 1.67. The van der Waals surface area contributed by atoms with E-state index >= 15 is 0 Å². The molecule has 2 aromatic rings. The number of benzene rings is 1. The van der Waals surface area contributed by atoms with E-state index < -0.39 is 11.6 Å². The molecular formula is C24H31N5O4. The number of imide groups is 1. The first-order valence-electron chi connectivity index (χ1n) is 11.8. The number of likely N-dealkylation sites (tertiary alicyclic amines) is 1. The van der Waals surface area contributed by atoms with E-state index in [9.17, 15) is 14.4 Å². The van der Waals surface area contributed by atoms with Gasteiger partial charge in [-0.05, 0) is 68.5 Å². The fourth-order valence-electron chi connectivity index (χ4n) is 5.57. The zero-order chi connectivity index (χ0) is 23.0. The number of H-pyrrole nitrogens is 1. The number of aromatic nitrogens is 1. The number of nitrogens with one attached hydrogen (secondary N) is 3. The molecule has 0 radical (unpaired) electrons. The van der Waals surface area contributed by atoms with Crippen LogP contribution in [0.15, 0.2) is 24.4 Å². The first-order valence-corrected chi connectivity index (χ1v) is 11.8. The Hall–Kier alpha value is -3.07. The Balaban J connectivity index is 1.16. The van der Waals surface area contributed by atoms with Gasteiger partial charge in [0.1, 0.15) is 11.3 Å². The summed E-state index contributed by atoms with van der Waals surface area (Å²) >= 11 is 0. The number of methoxy groups -OCH3 is 1. The van der Waals surface area contributed by atoms with Crippen molar-refractivity contribution in [1.82, 2.24) is 25.6 Å². The van der Waals surface area contributed by atoms with Crippen molar-refractivity contribution in [2.24, 2.45) is 0 Å². The van der Waals surface area contributed by atoms with E-state index in [1.807, 2.05) is 12.1 Å². The number of carbonyl (C=O) groups is 3. The second-order valence-electron chi connectivity index (χ2n) is 9.45. The molecule has 1 saturated carbocycles. The van der Waals surface area contributed by atoms with Gasteiger partial charge in [-0.3, -0.25) is 19.9 Å². The van der Waals surface area contributed by atoms with E-state index in [1.54, 1.807) is 7.11 Å². The second kappa shape index (κ2) is 8.70. The molecule has 9 heteroatoms. The fraction of sp³-hybridized carbons (Fsp3) is 0.542. The number of hydrogen-bond acceptors (Lipinski definition) is 5. The first-order chi connectivity index (χ1) is 16.0. The summed E-state index contributed by atoms with van der Waals surface area (Å²) in [6.07, 6.45) is 8.11. The van der Waals surface area contributed by atoms with Gasteiger partial charge >= 0.3 is 6.03 Å². The van der Waals surface area contributed by atoms with Crippen molar-refractivity contribution in [2.45, 2.75) is 56.4 Å². The van der Waals surface area contributed by atoms with Crippen LogP contribution in [0.5, 0.6) is 5.75 Å². The zero-order valence-electron chi connectivity index (χ0n) is 19.0. The molecule has 9 nitrogen and oxygen atoms in total. The lowest BCUT2D eigenvalue weighted by Crippen LogP contribution is -2.52. The SMILES string of the molecule is COc1ccc2[nH]cc(C3CCN(CC(=O)NN4C(=O)NC5(CCCCC5)C4=O)CC3)c2c1. The lowest BCUT2D eigenvalue weighted by atomic mass is 9.82. The maximum Gasteiger partial charge on any atom is 0.344 e. The Labute approximate surface area is 192 Å². The van der Waals surface area contributed by atoms with Gasteiger partial charge in [0.25, 0.3) is 11.8 Å². The summed E-state index contributed by atoms with van der Waals surface area (Å²) in [6.45, 7) is 1.72. The summed E-state index contributed by atoms with van der Waals surface area (Å²) < 4.78 is 5.38. The molecule has 1 aliphatic carbocycles. The molecule has 3 N–H and O–H groups in total. The van der Waals surface area contributed by atoms with Crippen molar-refractivity contribution < 1.29 is 19.1 Å². The zero-order valence-corrected chi connectivity index (χ0v) is 19.0. The molecule has 3 fully saturated rings. The summed E-state index contributed by atoms with van der Waals surface area (Å²) in [4.78, 5) is 43.3. The van der Waals surface area contributed by atoms with Crippen molar-refractivity contribution in [3.05, 3.63) is 30.0 Å². The van der Waals surface area contributed by atoms with Crippen LogP contribution in [0, 0.1) is 0 Å². The van der Waals surface area contributed by atoms with Crippen LogP contribution in [0.4, 0.5) is 4.79 Å². The molecule has 33 heavy (non-hydrogen) atoms. The lowest BCUT2D eigenvalue weighted by molar-refractivity contribution is -0.140. The molecule has 2 saturated heterocycles. The largest absolute Gasteiger partial charge is 0.497 e. The molecule has 3 heterocycles. The number of amides is 4. The average molecular weight is 454 g/mol. The minimum Gasteiger partial charge on any atom is -0.497 e. The van der Waals surface area contributed by atoms with Gasteiger partial charge in [-0.2, -0.15) is 5.01 Å². The highest BCUT2D eigenvalue weighted by Gasteiger charge is 2.52. The van der Waals surface area contributed by atoms with E-state index in [0.717, 1.165) is 61.5 Å². The van der Waals surface area contributed by atoms with Crippen LogP contribution in [0.2, 0.25) is 0 Å². The van der Waals surface area contributed by atoms with Crippen LogP contribution < -0.4 is 15.5 Å². The quantitative estimate of drug-likeness (QED) is 0.604. The normalized spacial score (nSPS) is 21.5. The third-order valence-electron chi connectivity index (χ3n) is 7.42. The monoisotopic (exact) mass is 453 g/mol. The number of carbonyl (C=O) groups excluding carboxylic acids is 3. The average Bonchev–Trinajstić information content (AvgIpc) is 3.34. The summed E-state index contributed by atoms with van der Waals surface area (Å²) in [6, 6.07) is 5.53. The van der Waals surface area contributed by atoms with Crippen LogP contribution in [-0.4, -0.2) is 65.0 Å². The number of piperidine rings is 1. The molecule has 1 spiro atoms. The predicted molar refractivity (Wildman–Crippen MR) is 123 cm³/mol. The summed E-state index contributed by atoms with van der Waals surface area (Å²) in [5.41, 5.74) is 4.09.